The molecule has 0 spiro atoms. The molecular formula is C15H20N2O4. The summed E-state index contributed by atoms with van der Waals surface area (Å²) in [4.78, 5) is 29.5. The molecule has 114 valence electrons. The van der Waals surface area contributed by atoms with E-state index in [0.29, 0.717) is 25.1 Å². The van der Waals surface area contributed by atoms with Crippen LogP contribution in [0.5, 0.6) is 0 Å². The number of hydrogen-bond acceptors (Lipinski definition) is 5. The summed E-state index contributed by atoms with van der Waals surface area (Å²) in [6.45, 7) is 6.40. The van der Waals surface area contributed by atoms with Crippen molar-refractivity contribution in [1.29, 1.82) is 0 Å². The van der Waals surface area contributed by atoms with Crippen molar-refractivity contribution < 1.29 is 19.1 Å². The van der Waals surface area contributed by atoms with Crippen LogP contribution in [-0.4, -0.2) is 41.2 Å². The van der Waals surface area contributed by atoms with Crippen molar-refractivity contribution in [2.75, 3.05) is 13.7 Å². The molecule has 21 heavy (non-hydrogen) atoms. The molecule has 0 bridgehead atoms. The zero-order chi connectivity index (χ0) is 15.6. The minimum absolute atomic E-state index is 0.350. The number of aromatic nitrogens is 1. The average molecular weight is 292 g/mol. The Labute approximate surface area is 124 Å². The number of esters is 1. The van der Waals surface area contributed by atoms with Gasteiger partial charge in [0.1, 0.15) is 5.60 Å². The van der Waals surface area contributed by atoms with E-state index in [0.717, 1.165) is 11.1 Å². The molecular weight excluding hydrogens is 272 g/mol. The molecule has 2 heterocycles. The van der Waals surface area contributed by atoms with Gasteiger partial charge in [-0.1, -0.05) is 0 Å². The summed E-state index contributed by atoms with van der Waals surface area (Å²) in [6.07, 6.45) is 3.42. The fourth-order valence-corrected chi connectivity index (χ4v) is 2.26. The molecule has 0 fully saturated rings. The first-order chi connectivity index (χ1) is 9.81. The Morgan fingerprint density at radius 1 is 1.29 bits per heavy atom. The van der Waals surface area contributed by atoms with Crippen LogP contribution in [0.15, 0.2) is 12.4 Å². The fourth-order valence-electron chi connectivity index (χ4n) is 2.26. The highest BCUT2D eigenvalue weighted by atomic mass is 16.6. The monoisotopic (exact) mass is 292 g/mol. The lowest BCUT2D eigenvalue weighted by atomic mass is 9.97. The van der Waals surface area contributed by atoms with E-state index in [9.17, 15) is 9.59 Å². The zero-order valence-corrected chi connectivity index (χ0v) is 12.8. The van der Waals surface area contributed by atoms with E-state index >= 15 is 0 Å². The van der Waals surface area contributed by atoms with Crippen LogP contribution in [0, 0.1) is 0 Å². The number of carbonyl (C=O) groups is 2. The highest BCUT2D eigenvalue weighted by molar-refractivity contribution is 5.91. The smallest absolute Gasteiger partial charge is 0.410 e. The summed E-state index contributed by atoms with van der Waals surface area (Å²) in [6, 6.07) is 0. The molecule has 0 saturated carbocycles. The van der Waals surface area contributed by atoms with Gasteiger partial charge in [0, 0.05) is 18.9 Å². The van der Waals surface area contributed by atoms with Crippen LogP contribution in [0.2, 0.25) is 0 Å². The lowest BCUT2D eigenvalue weighted by molar-refractivity contribution is 0.0223. The van der Waals surface area contributed by atoms with E-state index in [1.54, 1.807) is 11.1 Å². The Morgan fingerprint density at radius 3 is 2.62 bits per heavy atom. The van der Waals surface area contributed by atoms with Crippen LogP contribution in [0.3, 0.4) is 0 Å². The van der Waals surface area contributed by atoms with Crippen molar-refractivity contribution in [2.24, 2.45) is 0 Å². The lowest BCUT2D eigenvalue weighted by Gasteiger charge is -2.31. The maximum atomic E-state index is 12.1. The minimum Gasteiger partial charge on any atom is -0.465 e. The summed E-state index contributed by atoms with van der Waals surface area (Å²) in [5.74, 6) is -0.398. The standard InChI is InChI=1S/C15H20N2O4/c1-15(2,3)21-14(19)17-6-5-11-10(9-17)7-16-8-12(11)13(18)20-4/h7-8H,5-6,9H2,1-4H3. The normalized spacial score (nSPS) is 14.4. The van der Waals surface area contributed by atoms with Gasteiger partial charge in [0.25, 0.3) is 0 Å². The number of fused-ring (bicyclic) bond motifs is 1. The summed E-state index contributed by atoms with van der Waals surface area (Å²) in [5.41, 5.74) is 1.70. The maximum absolute atomic E-state index is 12.1. The highest BCUT2D eigenvalue weighted by Crippen LogP contribution is 2.23. The van der Waals surface area contributed by atoms with Crippen molar-refractivity contribution in [3.05, 3.63) is 29.1 Å². The molecule has 6 nitrogen and oxygen atoms in total. The van der Waals surface area contributed by atoms with Gasteiger partial charge in [0.05, 0.1) is 19.2 Å². The van der Waals surface area contributed by atoms with Gasteiger partial charge >= 0.3 is 12.1 Å². The first kappa shape index (κ1) is 15.3. The number of amides is 1. The van der Waals surface area contributed by atoms with Gasteiger partial charge in [0.2, 0.25) is 0 Å². The van der Waals surface area contributed by atoms with Crippen molar-refractivity contribution in [3.8, 4) is 0 Å². The van der Waals surface area contributed by atoms with Gasteiger partial charge < -0.3 is 14.4 Å². The number of ether oxygens (including phenoxy) is 2. The molecule has 1 aliphatic rings. The molecule has 1 aromatic rings. The van der Waals surface area contributed by atoms with Crippen molar-refractivity contribution in [1.82, 2.24) is 9.88 Å². The first-order valence-electron chi connectivity index (χ1n) is 6.84. The van der Waals surface area contributed by atoms with Crippen LogP contribution in [-0.2, 0) is 22.4 Å². The Morgan fingerprint density at radius 2 is 2.00 bits per heavy atom. The van der Waals surface area contributed by atoms with Gasteiger partial charge in [0.15, 0.2) is 0 Å². The molecule has 0 aliphatic carbocycles. The molecule has 1 aromatic heterocycles. The Bertz CT molecular complexity index is 563. The molecule has 0 N–H and O–H groups in total. The van der Waals surface area contributed by atoms with Crippen LogP contribution >= 0.6 is 0 Å². The van der Waals surface area contributed by atoms with Gasteiger partial charge in [-0.2, -0.15) is 0 Å². The third kappa shape index (κ3) is 3.51. The number of nitrogens with zero attached hydrogens (tertiary/aromatic N) is 2. The second-order valence-corrected chi connectivity index (χ2v) is 5.97. The maximum Gasteiger partial charge on any atom is 0.410 e. The predicted octanol–water partition coefficient (Wildman–Crippen LogP) is 2.16. The number of methoxy groups -OCH3 is 1. The molecule has 0 unspecified atom stereocenters. The Kier molecular flexibility index (Phi) is 4.16. The SMILES string of the molecule is COC(=O)c1cncc2c1CCN(C(=O)OC(C)(C)C)C2. The largest absolute Gasteiger partial charge is 0.465 e. The number of hydrogen-bond donors (Lipinski definition) is 0. The number of rotatable bonds is 1. The lowest BCUT2D eigenvalue weighted by Crippen LogP contribution is -2.40. The van der Waals surface area contributed by atoms with Gasteiger partial charge in [-0.3, -0.25) is 4.98 Å². The number of carbonyl (C=O) groups excluding carboxylic acids is 2. The molecule has 1 amide bonds. The zero-order valence-electron chi connectivity index (χ0n) is 12.8. The van der Waals surface area contributed by atoms with Crippen molar-refractivity contribution in [2.45, 2.75) is 39.3 Å². The van der Waals surface area contributed by atoms with E-state index in [2.05, 4.69) is 4.98 Å². The van der Waals surface area contributed by atoms with Crippen LogP contribution < -0.4 is 0 Å². The summed E-state index contributed by atoms with van der Waals surface area (Å²) < 4.78 is 10.1. The Hall–Kier alpha value is -2.11. The first-order valence-corrected chi connectivity index (χ1v) is 6.84. The Balaban J connectivity index is 2.18. The van der Waals surface area contributed by atoms with Gasteiger partial charge in [-0.15, -0.1) is 0 Å². The highest BCUT2D eigenvalue weighted by Gasteiger charge is 2.28. The molecule has 6 heteroatoms. The predicted molar refractivity (Wildman–Crippen MR) is 75.9 cm³/mol. The second kappa shape index (κ2) is 5.71. The third-order valence-corrected chi connectivity index (χ3v) is 3.20. The topological polar surface area (TPSA) is 68.7 Å². The summed E-state index contributed by atoms with van der Waals surface area (Å²) in [7, 11) is 1.34. The molecule has 0 aromatic carbocycles. The fraction of sp³-hybridized carbons (Fsp3) is 0.533. The number of pyridine rings is 1. The molecule has 0 radical (unpaired) electrons. The van der Waals surface area contributed by atoms with Crippen molar-refractivity contribution >= 4 is 12.1 Å². The minimum atomic E-state index is -0.524. The van der Waals surface area contributed by atoms with E-state index < -0.39 is 11.6 Å². The van der Waals surface area contributed by atoms with E-state index in [1.807, 2.05) is 20.8 Å². The van der Waals surface area contributed by atoms with Crippen LogP contribution in [0.25, 0.3) is 0 Å². The van der Waals surface area contributed by atoms with Crippen molar-refractivity contribution in [3.63, 3.8) is 0 Å². The third-order valence-electron chi connectivity index (χ3n) is 3.20. The van der Waals surface area contributed by atoms with E-state index in [1.165, 1.54) is 13.3 Å². The summed E-state index contributed by atoms with van der Waals surface area (Å²) >= 11 is 0. The molecule has 0 atom stereocenters. The molecule has 2 rings (SSSR count). The quantitative estimate of drug-likeness (QED) is 0.742. The molecule has 0 saturated heterocycles. The summed E-state index contributed by atoms with van der Waals surface area (Å²) in [5, 5.41) is 0. The van der Waals surface area contributed by atoms with Crippen LogP contribution in [0.4, 0.5) is 4.79 Å². The van der Waals surface area contributed by atoms with Gasteiger partial charge in [-0.25, -0.2) is 9.59 Å². The van der Waals surface area contributed by atoms with Crippen LogP contribution in [0.1, 0.15) is 42.3 Å². The van der Waals surface area contributed by atoms with Gasteiger partial charge in [-0.05, 0) is 38.3 Å². The van der Waals surface area contributed by atoms with E-state index in [4.69, 9.17) is 9.47 Å². The average Bonchev–Trinajstić information content (AvgIpc) is 2.43. The molecule has 1 aliphatic heterocycles. The van der Waals surface area contributed by atoms with E-state index in [-0.39, 0.29) is 6.09 Å². The second-order valence-electron chi connectivity index (χ2n) is 5.97.